The van der Waals surface area contributed by atoms with Gasteiger partial charge in [-0.05, 0) is 74.4 Å². The fourth-order valence-corrected chi connectivity index (χ4v) is 6.97. The Labute approximate surface area is 255 Å². The zero-order valence-corrected chi connectivity index (χ0v) is 25.1. The Bertz CT molecular complexity index is 1620. The van der Waals surface area contributed by atoms with Crippen LogP contribution < -0.4 is 10.5 Å². The van der Waals surface area contributed by atoms with Crippen molar-refractivity contribution in [1.29, 1.82) is 0 Å². The number of likely N-dealkylation sites (tertiary alicyclic amines) is 1. The third kappa shape index (κ3) is 6.86. The summed E-state index contributed by atoms with van der Waals surface area (Å²) in [7, 11) is 1.84. The smallest absolute Gasteiger partial charge is 0.425 e. The van der Waals surface area contributed by atoms with Crippen molar-refractivity contribution >= 4 is 56.6 Å². The Morgan fingerprint density at radius 2 is 2.19 bits per heavy atom. The number of rotatable bonds is 8. The lowest BCUT2D eigenvalue weighted by Crippen LogP contribution is -2.36. The van der Waals surface area contributed by atoms with E-state index in [1.807, 2.05) is 17.3 Å². The largest absolute Gasteiger partial charge is 0.480 e. The van der Waals surface area contributed by atoms with E-state index in [2.05, 4.69) is 21.0 Å². The molecule has 5 rings (SSSR count). The average Bonchev–Trinajstić information content (AvgIpc) is 3.51. The van der Waals surface area contributed by atoms with E-state index in [9.17, 15) is 23.1 Å². The zero-order valence-electron chi connectivity index (χ0n) is 23.6. The van der Waals surface area contributed by atoms with E-state index in [1.54, 1.807) is 6.92 Å². The first-order valence-electron chi connectivity index (χ1n) is 13.7. The van der Waals surface area contributed by atoms with E-state index >= 15 is 0 Å². The van der Waals surface area contributed by atoms with Crippen LogP contribution in [0.1, 0.15) is 43.7 Å². The Balaban J connectivity index is 1.39. The number of benzene rings is 1. The molecule has 1 saturated heterocycles. The number of hydrogen-bond acceptors (Lipinski definition) is 8. The number of carboxylic acids is 1. The molecule has 0 bridgehead atoms. The first-order valence-corrected chi connectivity index (χ1v) is 14.9. The highest BCUT2D eigenvalue weighted by atomic mass is 35.5. The molecule has 3 aromatic rings. The number of nitrogens with two attached hydrogens (primary N) is 1. The second-order valence-electron chi connectivity index (χ2n) is 11.2. The minimum absolute atomic E-state index is 0.0969. The maximum absolute atomic E-state index is 14.3. The monoisotopic (exact) mass is 633 g/mol. The van der Waals surface area contributed by atoms with Gasteiger partial charge >= 0.3 is 12.1 Å². The molecular formula is C30H31ClF3N5O3S. The number of halogens is 4. The highest BCUT2D eigenvalue weighted by molar-refractivity contribution is 7.17. The van der Waals surface area contributed by atoms with Crippen molar-refractivity contribution in [3.8, 4) is 5.88 Å². The fourth-order valence-electron chi connectivity index (χ4n) is 5.83. The van der Waals surface area contributed by atoms with Gasteiger partial charge in [-0.1, -0.05) is 23.7 Å². The number of nitrogens with zero attached hydrogens (tertiary/aromatic N) is 4. The Kier molecular flexibility index (Phi) is 8.82. The van der Waals surface area contributed by atoms with Crippen LogP contribution in [0.4, 0.5) is 18.9 Å². The van der Waals surface area contributed by atoms with E-state index < -0.39 is 30.7 Å². The van der Waals surface area contributed by atoms with Gasteiger partial charge < -0.3 is 15.6 Å². The summed E-state index contributed by atoms with van der Waals surface area (Å²) in [6.45, 7) is 2.38. The van der Waals surface area contributed by atoms with Crippen LogP contribution in [0.5, 0.6) is 5.88 Å². The fraction of sp³-hybridized carbons (Fsp3) is 0.400. The number of carboxylic acid groups (broad SMARTS) is 1. The molecule has 228 valence electrons. The first kappa shape index (κ1) is 31.0. The van der Waals surface area contributed by atoms with Gasteiger partial charge in [0.25, 0.3) is 0 Å². The van der Waals surface area contributed by atoms with Crippen molar-refractivity contribution in [1.82, 2.24) is 14.9 Å². The maximum atomic E-state index is 14.3. The van der Waals surface area contributed by atoms with Gasteiger partial charge in [-0.2, -0.15) is 13.2 Å². The molecule has 43 heavy (non-hydrogen) atoms. The number of allylic oxidation sites excluding steroid dienone is 4. The van der Waals surface area contributed by atoms with Crippen LogP contribution in [0.25, 0.3) is 15.8 Å². The molecule has 0 saturated carbocycles. The predicted octanol–water partition coefficient (Wildman–Crippen LogP) is 6.80. The summed E-state index contributed by atoms with van der Waals surface area (Å²) >= 11 is 7.33. The van der Waals surface area contributed by atoms with Crippen LogP contribution in [-0.2, 0) is 11.2 Å². The van der Waals surface area contributed by atoms with Gasteiger partial charge in [0.1, 0.15) is 17.1 Å². The number of fused-ring (bicyclic) bond motifs is 1. The van der Waals surface area contributed by atoms with E-state index in [0.717, 1.165) is 30.4 Å². The van der Waals surface area contributed by atoms with E-state index in [0.29, 0.717) is 39.5 Å². The normalized spacial score (nSPS) is 22.4. The molecule has 0 radical (unpaired) electrons. The van der Waals surface area contributed by atoms with Crippen LogP contribution >= 0.6 is 22.9 Å². The third-order valence-electron chi connectivity index (χ3n) is 8.02. The molecule has 8 nitrogen and oxygen atoms in total. The molecule has 2 aromatic heterocycles. The third-order valence-corrected chi connectivity index (χ3v) is 9.22. The number of alkyl halides is 3. The van der Waals surface area contributed by atoms with Gasteiger partial charge in [0.2, 0.25) is 5.88 Å². The first-order chi connectivity index (χ1) is 20.3. The zero-order chi connectivity index (χ0) is 30.9. The predicted molar refractivity (Wildman–Crippen MR) is 162 cm³/mol. The van der Waals surface area contributed by atoms with Crippen LogP contribution in [-0.4, -0.2) is 64.1 Å². The number of thiophene rings is 1. The summed E-state index contributed by atoms with van der Waals surface area (Å²) in [5.74, 6) is -0.947. The second kappa shape index (κ2) is 12.3. The van der Waals surface area contributed by atoms with E-state index in [1.165, 1.54) is 48.2 Å². The summed E-state index contributed by atoms with van der Waals surface area (Å²) in [5, 5.41) is 11.8. The van der Waals surface area contributed by atoms with Crippen molar-refractivity contribution in [3.63, 3.8) is 0 Å². The summed E-state index contributed by atoms with van der Waals surface area (Å²) in [6.07, 6.45) is 1.73. The lowest BCUT2D eigenvalue weighted by Gasteiger charge is -2.32. The lowest BCUT2D eigenvalue weighted by molar-refractivity contribution is -0.194. The summed E-state index contributed by atoms with van der Waals surface area (Å²) < 4.78 is 48.9. The Morgan fingerprint density at radius 1 is 1.40 bits per heavy atom. The molecule has 2 aliphatic rings. The number of aliphatic imine (C=N–C) groups is 1. The van der Waals surface area contributed by atoms with Crippen LogP contribution in [0.2, 0.25) is 5.02 Å². The van der Waals surface area contributed by atoms with Gasteiger partial charge in [0, 0.05) is 40.8 Å². The minimum atomic E-state index is -4.70. The molecule has 1 spiro atoms. The molecule has 2 unspecified atom stereocenters. The number of carbonyl (C=O) groups is 1. The summed E-state index contributed by atoms with van der Waals surface area (Å²) in [5.41, 5.74) is 9.01. The van der Waals surface area contributed by atoms with Crippen molar-refractivity contribution in [2.45, 2.75) is 57.3 Å². The molecule has 0 amide bonds. The number of aromatic nitrogens is 2. The number of likely N-dealkylation sites (N-methyl/N-ethyl adjacent to an activating group) is 1. The molecule has 1 aromatic carbocycles. The number of hydrogen-bond donors (Lipinski definition) is 2. The Morgan fingerprint density at radius 3 is 2.84 bits per heavy atom. The van der Waals surface area contributed by atoms with Gasteiger partial charge in [-0.25, -0.2) is 9.97 Å². The molecule has 3 heterocycles. The molecule has 3 atom stereocenters. The summed E-state index contributed by atoms with van der Waals surface area (Å²) in [6, 6.07) is 4.00. The second-order valence-corrected chi connectivity index (χ2v) is 12.5. The SMILES string of the molecule is CC(N)=CC=Nc1cc(Cl)ccc1C[C@@H](Oc1ncnc2c(C3=CCC4(CC3)CC(C(=O)O)N(C)C4)csc12)C(F)(F)F. The minimum Gasteiger partial charge on any atom is -0.480 e. The van der Waals surface area contributed by atoms with Gasteiger partial charge in [0.15, 0.2) is 6.10 Å². The standard InChI is InChI=1S/C30H31ClF3N5O3S/c1-17(35)7-10-36-22-12-20(31)4-3-19(22)11-24(30(32,33)34)42-27-26-25(37-16-38-27)21(14-43-26)18-5-8-29(9-6-18)13-23(28(40)41)39(2)15-29/h3-5,7,10,12,14,16,23-24H,6,8-9,11,13,15,35H2,1-2H3,(H,40,41)/t23?,24-,29?/m1/s1. The van der Waals surface area contributed by atoms with Gasteiger partial charge in [-0.3, -0.25) is 14.7 Å². The molecule has 1 fully saturated rings. The van der Waals surface area contributed by atoms with E-state index in [4.69, 9.17) is 22.1 Å². The van der Waals surface area contributed by atoms with Crippen molar-refractivity contribution in [2.75, 3.05) is 13.6 Å². The van der Waals surface area contributed by atoms with E-state index in [-0.39, 0.29) is 17.0 Å². The maximum Gasteiger partial charge on any atom is 0.425 e. The van der Waals surface area contributed by atoms with Crippen LogP contribution in [0.15, 0.2) is 52.7 Å². The molecule has 13 heteroatoms. The highest BCUT2D eigenvalue weighted by Gasteiger charge is 2.46. The lowest BCUT2D eigenvalue weighted by atomic mass is 9.72. The molecule has 3 N–H and O–H groups in total. The molecular weight excluding hydrogens is 603 g/mol. The quantitative estimate of drug-likeness (QED) is 0.262. The number of aliphatic carboxylic acids is 1. The topological polar surface area (TPSA) is 114 Å². The average molecular weight is 634 g/mol. The molecule has 1 aliphatic carbocycles. The summed E-state index contributed by atoms with van der Waals surface area (Å²) in [4.78, 5) is 26.3. The van der Waals surface area contributed by atoms with Crippen LogP contribution in [0.3, 0.4) is 0 Å². The van der Waals surface area contributed by atoms with Gasteiger partial charge in [-0.15, -0.1) is 11.3 Å². The van der Waals surface area contributed by atoms with Crippen molar-refractivity contribution in [2.24, 2.45) is 16.1 Å². The molecule has 1 aliphatic heterocycles. The highest BCUT2D eigenvalue weighted by Crippen LogP contribution is 2.48. The van der Waals surface area contributed by atoms with Gasteiger partial charge in [0.05, 0.1) is 11.2 Å². The van der Waals surface area contributed by atoms with Crippen molar-refractivity contribution < 1.29 is 27.8 Å². The van der Waals surface area contributed by atoms with Crippen molar-refractivity contribution in [3.05, 3.63) is 63.9 Å². The number of ether oxygens (including phenoxy) is 1. The van der Waals surface area contributed by atoms with Crippen LogP contribution in [0, 0.1) is 5.41 Å². The Hall–Kier alpha value is -3.48.